The van der Waals surface area contributed by atoms with Crippen molar-refractivity contribution in [2.75, 3.05) is 32.8 Å². The van der Waals surface area contributed by atoms with E-state index in [1.54, 1.807) is 5.56 Å². The molecular weight excluding hydrogens is 272 g/mol. The molecule has 0 radical (unpaired) electrons. The molecular formula is C19H28N2O. The zero-order valence-electron chi connectivity index (χ0n) is 14.2. The van der Waals surface area contributed by atoms with Gasteiger partial charge in [0, 0.05) is 36.2 Å². The van der Waals surface area contributed by atoms with Crippen LogP contribution < -0.4 is 0 Å². The van der Waals surface area contributed by atoms with Crippen molar-refractivity contribution in [2.24, 2.45) is 0 Å². The minimum absolute atomic E-state index is 0.896. The van der Waals surface area contributed by atoms with Gasteiger partial charge in [-0.05, 0) is 57.4 Å². The van der Waals surface area contributed by atoms with Gasteiger partial charge in [0.05, 0.1) is 13.2 Å². The quantitative estimate of drug-likeness (QED) is 0.840. The van der Waals surface area contributed by atoms with Crippen LogP contribution in [0.3, 0.4) is 0 Å². The Labute approximate surface area is 133 Å². The van der Waals surface area contributed by atoms with Crippen molar-refractivity contribution >= 4 is 10.9 Å². The van der Waals surface area contributed by atoms with E-state index in [0.717, 1.165) is 32.8 Å². The third-order valence-corrected chi connectivity index (χ3v) is 4.93. The van der Waals surface area contributed by atoms with E-state index < -0.39 is 0 Å². The summed E-state index contributed by atoms with van der Waals surface area (Å²) in [7, 11) is 0. The summed E-state index contributed by atoms with van der Waals surface area (Å²) in [5, 5.41) is 1.45. The number of hydrogen-bond acceptors (Lipinski definition) is 2. The highest BCUT2D eigenvalue weighted by Crippen LogP contribution is 2.28. The molecule has 0 saturated carbocycles. The predicted molar refractivity (Wildman–Crippen MR) is 92.7 cm³/mol. The first-order valence-corrected chi connectivity index (χ1v) is 8.59. The SMILES string of the molecule is CCn1c(C)c(CCCN2CCOCC2)c2ccc(C)cc21. The van der Waals surface area contributed by atoms with Crippen LogP contribution in [0.5, 0.6) is 0 Å². The van der Waals surface area contributed by atoms with E-state index in [9.17, 15) is 0 Å². The second-order valence-corrected chi connectivity index (χ2v) is 6.39. The van der Waals surface area contributed by atoms with Crippen LogP contribution in [0.4, 0.5) is 0 Å². The molecule has 1 aliphatic heterocycles. The zero-order valence-corrected chi connectivity index (χ0v) is 14.2. The molecule has 2 aromatic rings. The molecule has 1 aliphatic rings. The van der Waals surface area contributed by atoms with Gasteiger partial charge < -0.3 is 9.30 Å². The Morgan fingerprint density at radius 2 is 1.91 bits per heavy atom. The van der Waals surface area contributed by atoms with Gasteiger partial charge in [0.25, 0.3) is 0 Å². The molecule has 0 amide bonds. The van der Waals surface area contributed by atoms with E-state index >= 15 is 0 Å². The summed E-state index contributed by atoms with van der Waals surface area (Å²) in [5.41, 5.74) is 5.75. The van der Waals surface area contributed by atoms with Crippen molar-refractivity contribution in [3.63, 3.8) is 0 Å². The minimum Gasteiger partial charge on any atom is -0.379 e. The predicted octanol–water partition coefficient (Wildman–Crippen LogP) is 3.54. The summed E-state index contributed by atoms with van der Waals surface area (Å²) in [6, 6.07) is 6.89. The van der Waals surface area contributed by atoms with Crippen LogP contribution in [0.25, 0.3) is 10.9 Å². The lowest BCUT2D eigenvalue weighted by molar-refractivity contribution is 0.0375. The Kier molecular flexibility index (Phi) is 4.84. The molecule has 1 saturated heterocycles. The van der Waals surface area contributed by atoms with Crippen molar-refractivity contribution in [3.8, 4) is 0 Å². The lowest BCUT2D eigenvalue weighted by Crippen LogP contribution is -2.36. The second kappa shape index (κ2) is 6.84. The van der Waals surface area contributed by atoms with Crippen LogP contribution >= 0.6 is 0 Å². The van der Waals surface area contributed by atoms with E-state index in [-0.39, 0.29) is 0 Å². The Morgan fingerprint density at radius 3 is 2.64 bits per heavy atom. The molecule has 22 heavy (non-hydrogen) atoms. The number of aromatic nitrogens is 1. The van der Waals surface area contributed by atoms with Gasteiger partial charge in [-0.1, -0.05) is 12.1 Å². The molecule has 3 heteroatoms. The van der Waals surface area contributed by atoms with Gasteiger partial charge in [0.15, 0.2) is 0 Å². The fraction of sp³-hybridized carbons (Fsp3) is 0.579. The average molecular weight is 300 g/mol. The van der Waals surface area contributed by atoms with Gasteiger partial charge in [-0.15, -0.1) is 0 Å². The maximum absolute atomic E-state index is 5.43. The van der Waals surface area contributed by atoms with E-state index in [1.165, 1.54) is 41.5 Å². The highest BCUT2D eigenvalue weighted by Gasteiger charge is 2.14. The number of hydrogen-bond donors (Lipinski definition) is 0. The number of rotatable bonds is 5. The van der Waals surface area contributed by atoms with Crippen molar-refractivity contribution in [3.05, 3.63) is 35.0 Å². The summed E-state index contributed by atoms with van der Waals surface area (Å²) >= 11 is 0. The summed E-state index contributed by atoms with van der Waals surface area (Å²) in [5.74, 6) is 0. The monoisotopic (exact) mass is 300 g/mol. The maximum Gasteiger partial charge on any atom is 0.0594 e. The smallest absolute Gasteiger partial charge is 0.0594 e. The van der Waals surface area contributed by atoms with Gasteiger partial charge in [-0.3, -0.25) is 4.90 Å². The number of aryl methyl sites for hydroxylation is 3. The van der Waals surface area contributed by atoms with Crippen LogP contribution in [-0.2, 0) is 17.7 Å². The lowest BCUT2D eigenvalue weighted by Gasteiger charge is -2.26. The van der Waals surface area contributed by atoms with Gasteiger partial charge in [0.2, 0.25) is 0 Å². The fourth-order valence-corrected chi connectivity index (χ4v) is 3.69. The number of ether oxygens (including phenoxy) is 1. The fourth-order valence-electron chi connectivity index (χ4n) is 3.69. The van der Waals surface area contributed by atoms with Crippen molar-refractivity contribution in [1.82, 2.24) is 9.47 Å². The summed E-state index contributed by atoms with van der Waals surface area (Å²) in [6.45, 7) is 12.9. The van der Waals surface area contributed by atoms with Crippen molar-refractivity contribution in [2.45, 2.75) is 40.2 Å². The molecule has 3 nitrogen and oxygen atoms in total. The van der Waals surface area contributed by atoms with E-state index in [1.807, 2.05) is 0 Å². The standard InChI is InChI=1S/C19H28N2O/c1-4-21-16(3)17(18-8-7-15(2)14-19(18)21)6-5-9-20-10-12-22-13-11-20/h7-8,14H,4-6,9-13H2,1-3H3. The second-order valence-electron chi connectivity index (χ2n) is 6.39. The van der Waals surface area contributed by atoms with Crippen LogP contribution in [0.15, 0.2) is 18.2 Å². The molecule has 1 fully saturated rings. The molecule has 0 bridgehead atoms. The Hall–Kier alpha value is -1.32. The topological polar surface area (TPSA) is 17.4 Å². The Morgan fingerprint density at radius 1 is 1.14 bits per heavy atom. The molecule has 3 rings (SSSR count). The minimum atomic E-state index is 0.896. The van der Waals surface area contributed by atoms with Crippen molar-refractivity contribution in [1.29, 1.82) is 0 Å². The highest BCUT2D eigenvalue weighted by molar-refractivity contribution is 5.86. The van der Waals surface area contributed by atoms with Gasteiger partial charge in [-0.2, -0.15) is 0 Å². The van der Waals surface area contributed by atoms with Gasteiger partial charge in [0.1, 0.15) is 0 Å². The van der Waals surface area contributed by atoms with E-state index in [0.29, 0.717) is 0 Å². The van der Waals surface area contributed by atoms with Crippen LogP contribution in [-0.4, -0.2) is 42.3 Å². The number of fused-ring (bicyclic) bond motifs is 1. The first-order valence-electron chi connectivity index (χ1n) is 8.59. The third kappa shape index (κ3) is 3.06. The number of nitrogens with zero attached hydrogens (tertiary/aromatic N) is 2. The van der Waals surface area contributed by atoms with Crippen LogP contribution in [0, 0.1) is 13.8 Å². The first kappa shape index (κ1) is 15.6. The molecule has 0 atom stereocenters. The molecule has 1 aromatic carbocycles. The van der Waals surface area contributed by atoms with Gasteiger partial charge >= 0.3 is 0 Å². The molecule has 0 spiro atoms. The molecule has 1 aromatic heterocycles. The van der Waals surface area contributed by atoms with Crippen LogP contribution in [0.1, 0.15) is 30.2 Å². The number of morpholine rings is 1. The molecule has 120 valence electrons. The van der Waals surface area contributed by atoms with E-state index in [2.05, 4.69) is 48.4 Å². The largest absolute Gasteiger partial charge is 0.379 e. The zero-order chi connectivity index (χ0) is 15.5. The first-order chi connectivity index (χ1) is 10.7. The number of benzene rings is 1. The molecule has 0 unspecified atom stereocenters. The lowest BCUT2D eigenvalue weighted by atomic mass is 10.0. The average Bonchev–Trinajstić information content (AvgIpc) is 2.79. The Balaban J connectivity index is 1.76. The van der Waals surface area contributed by atoms with Crippen LogP contribution in [0.2, 0.25) is 0 Å². The molecule has 0 N–H and O–H groups in total. The summed E-state index contributed by atoms with van der Waals surface area (Å²) < 4.78 is 7.89. The third-order valence-electron chi connectivity index (χ3n) is 4.93. The normalized spacial score (nSPS) is 16.5. The van der Waals surface area contributed by atoms with Gasteiger partial charge in [-0.25, -0.2) is 0 Å². The highest BCUT2D eigenvalue weighted by atomic mass is 16.5. The summed E-state index contributed by atoms with van der Waals surface area (Å²) in [6.07, 6.45) is 2.41. The summed E-state index contributed by atoms with van der Waals surface area (Å²) in [4.78, 5) is 2.53. The Bertz CT molecular complexity index is 638. The maximum atomic E-state index is 5.43. The van der Waals surface area contributed by atoms with E-state index in [4.69, 9.17) is 4.74 Å². The van der Waals surface area contributed by atoms with Crippen molar-refractivity contribution < 1.29 is 4.74 Å². The molecule has 2 heterocycles. The molecule has 0 aliphatic carbocycles.